The first kappa shape index (κ1) is 31.6. The van der Waals surface area contributed by atoms with Crippen LogP contribution in [0.4, 0.5) is 0 Å². The largest absolute Gasteiger partial charge is 0.309 e. The molecule has 10 rings (SSSR count). The van der Waals surface area contributed by atoms with Gasteiger partial charge < -0.3 is 9.13 Å². The highest BCUT2D eigenvalue weighted by atomic mass is 15.0. The second-order valence-electron chi connectivity index (χ2n) is 13.2. The predicted octanol–water partition coefficient (Wildman–Crippen LogP) is 14.0. The molecule has 2 heterocycles. The molecular weight excluding hydrogens is 629 g/mol. The molecule has 0 aliphatic heterocycles. The summed E-state index contributed by atoms with van der Waals surface area (Å²) in [6, 6.07) is 59.9. The third-order valence-corrected chi connectivity index (χ3v) is 10.4. The van der Waals surface area contributed by atoms with Crippen molar-refractivity contribution in [3.63, 3.8) is 0 Å². The molecule has 0 N–H and O–H groups in total. The second kappa shape index (κ2) is 13.4. The van der Waals surface area contributed by atoms with Crippen molar-refractivity contribution in [2.45, 2.75) is 26.7 Å². The molecule has 0 radical (unpaired) electrons. The fraction of sp³-hybridized carbons (Fsp3) is 0.0800. The average molecular weight is 669 g/mol. The summed E-state index contributed by atoms with van der Waals surface area (Å²) in [6.07, 6.45) is 9.11. The fourth-order valence-electron chi connectivity index (χ4n) is 8.02. The van der Waals surface area contributed by atoms with Gasteiger partial charge in [-0.2, -0.15) is 0 Å². The molecule has 52 heavy (non-hydrogen) atoms. The monoisotopic (exact) mass is 668 g/mol. The summed E-state index contributed by atoms with van der Waals surface area (Å²) in [5.74, 6) is 0. The molecule has 2 nitrogen and oxygen atoms in total. The first-order valence-electron chi connectivity index (χ1n) is 18.5. The number of fused-ring (bicyclic) bond motifs is 7. The van der Waals surface area contributed by atoms with Gasteiger partial charge in [0.15, 0.2) is 0 Å². The van der Waals surface area contributed by atoms with E-state index >= 15 is 0 Å². The van der Waals surface area contributed by atoms with E-state index in [1.54, 1.807) is 0 Å². The lowest BCUT2D eigenvalue weighted by Gasteiger charge is -2.12. The van der Waals surface area contributed by atoms with E-state index in [1.165, 1.54) is 77.0 Å². The van der Waals surface area contributed by atoms with Gasteiger partial charge in [0.25, 0.3) is 0 Å². The number of hydrogen-bond donors (Lipinski definition) is 0. The minimum absolute atomic E-state index is 1.11. The summed E-state index contributed by atoms with van der Waals surface area (Å²) in [7, 11) is 0. The maximum Gasteiger partial charge on any atom is 0.0548 e. The van der Waals surface area contributed by atoms with Gasteiger partial charge >= 0.3 is 0 Å². The Labute approximate surface area is 305 Å². The van der Waals surface area contributed by atoms with Gasteiger partial charge in [-0.25, -0.2) is 0 Å². The number of aromatic nitrogens is 2. The van der Waals surface area contributed by atoms with Crippen molar-refractivity contribution in [2.75, 3.05) is 0 Å². The van der Waals surface area contributed by atoms with E-state index in [9.17, 15) is 0 Å². The van der Waals surface area contributed by atoms with E-state index in [0.29, 0.717) is 0 Å². The molecule has 0 unspecified atom stereocenters. The molecule has 0 amide bonds. The number of para-hydroxylation sites is 2. The molecule has 9 aromatic rings. The van der Waals surface area contributed by atoms with Crippen LogP contribution in [0.1, 0.15) is 32.3 Å². The molecule has 2 heteroatoms. The Hall–Kier alpha value is -6.38. The van der Waals surface area contributed by atoms with Crippen LogP contribution in [0.15, 0.2) is 182 Å². The first-order valence-corrected chi connectivity index (χ1v) is 18.5. The van der Waals surface area contributed by atoms with Crippen molar-refractivity contribution in [3.05, 3.63) is 188 Å². The smallest absolute Gasteiger partial charge is 0.0548 e. The highest BCUT2D eigenvalue weighted by Crippen LogP contribution is 2.42. The molecule has 0 bridgehead atoms. The Morgan fingerprint density at radius 1 is 0.385 bits per heavy atom. The highest BCUT2D eigenvalue weighted by molar-refractivity contribution is 6.28. The standard InChI is InChI=1S/C48H34N2.C2H6/c1-3-12-33(13-4-1)35-22-24-37(25-23-35)38-16-11-17-40(32-38)50-44-21-10-8-19-42(44)48-46(50)31-30-45-47(48)41-18-7-9-20-43(41)49(45)39-28-26-36(27-29-39)34-14-5-2-6-15-34;1-2/h2-3,5-32H,1,4H2;1-2H3. The third kappa shape index (κ3) is 5.27. The average Bonchev–Trinajstić information content (AvgIpc) is 3.75. The van der Waals surface area contributed by atoms with Crippen LogP contribution in [-0.4, -0.2) is 9.13 Å². The van der Waals surface area contributed by atoms with Crippen molar-refractivity contribution < 1.29 is 0 Å². The normalized spacial score (nSPS) is 12.7. The predicted molar refractivity (Wildman–Crippen MR) is 224 cm³/mol. The van der Waals surface area contributed by atoms with Crippen molar-refractivity contribution in [3.8, 4) is 33.6 Å². The molecule has 0 saturated carbocycles. The fourth-order valence-corrected chi connectivity index (χ4v) is 8.02. The van der Waals surface area contributed by atoms with Crippen LogP contribution >= 0.6 is 0 Å². The summed E-state index contributed by atoms with van der Waals surface area (Å²) < 4.78 is 4.87. The van der Waals surface area contributed by atoms with Crippen LogP contribution in [0.5, 0.6) is 0 Å². The van der Waals surface area contributed by atoms with Gasteiger partial charge in [0.05, 0.1) is 22.1 Å². The lowest BCUT2D eigenvalue weighted by molar-refractivity contribution is 1.04. The number of rotatable bonds is 5. The Kier molecular flexibility index (Phi) is 8.14. The zero-order valence-electron chi connectivity index (χ0n) is 29.6. The summed E-state index contributed by atoms with van der Waals surface area (Å²) in [5, 5.41) is 5.11. The number of hydrogen-bond acceptors (Lipinski definition) is 0. The third-order valence-electron chi connectivity index (χ3n) is 10.4. The molecule has 0 spiro atoms. The molecule has 1 aliphatic carbocycles. The maximum absolute atomic E-state index is 2.44. The van der Waals surface area contributed by atoms with Gasteiger partial charge in [0.1, 0.15) is 0 Å². The second-order valence-corrected chi connectivity index (χ2v) is 13.2. The Morgan fingerprint density at radius 3 is 1.54 bits per heavy atom. The van der Waals surface area contributed by atoms with Crippen LogP contribution in [0.2, 0.25) is 0 Å². The van der Waals surface area contributed by atoms with E-state index < -0.39 is 0 Å². The minimum Gasteiger partial charge on any atom is -0.309 e. The lowest BCUT2D eigenvalue weighted by atomic mass is 9.97. The first-order chi connectivity index (χ1) is 25.8. The van der Waals surface area contributed by atoms with Crippen molar-refractivity contribution in [2.24, 2.45) is 0 Å². The van der Waals surface area contributed by atoms with Crippen LogP contribution in [0.25, 0.3) is 82.8 Å². The Bertz CT molecular complexity index is 2770. The van der Waals surface area contributed by atoms with Crippen molar-refractivity contribution >= 4 is 49.2 Å². The molecule has 7 aromatic carbocycles. The van der Waals surface area contributed by atoms with Crippen molar-refractivity contribution in [1.29, 1.82) is 0 Å². The van der Waals surface area contributed by atoms with Crippen LogP contribution in [0, 0.1) is 0 Å². The molecule has 2 aromatic heterocycles. The van der Waals surface area contributed by atoms with E-state index in [4.69, 9.17) is 0 Å². The Morgan fingerprint density at radius 2 is 0.904 bits per heavy atom. The Balaban J connectivity index is 0.00000177. The van der Waals surface area contributed by atoms with E-state index in [1.807, 2.05) is 13.8 Å². The van der Waals surface area contributed by atoms with Crippen molar-refractivity contribution in [1.82, 2.24) is 9.13 Å². The van der Waals surface area contributed by atoms with E-state index in [2.05, 4.69) is 191 Å². The van der Waals surface area contributed by atoms with Gasteiger partial charge in [-0.3, -0.25) is 0 Å². The molecule has 0 atom stereocenters. The van der Waals surface area contributed by atoms with Gasteiger partial charge in [-0.1, -0.05) is 147 Å². The van der Waals surface area contributed by atoms with Crippen LogP contribution < -0.4 is 0 Å². The summed E-state index contributed by atoms with van der Waals surface area (Å²) >= 11 is 0. The minimum atomic E-state index is 1.11. The van der Waals surface area contributed by atoms with Crippen LogP contribution in [-0.2, 0) is 0 Å². The quantitative estimate of drug-likeness (QED) is 0.173. The highest BCUT2D eigenvalue weighted by Gasteiger charge is 2.20. The van der Waals surface area contributed by atoms with Crippen LogP contribution in [0.3, 0.4) is 0 Å². The SMILES string of the molecule is C1=CC(c2ccc(-c3cccc(-n4c5ccccc5c5c6c7ccccc7n(-c7ccc(-c8ccccc8)cc7)c6ccc54)c3)cc2)=CCC1.CC. The zero-order valence-corrected chi connectivity index (χ0v) is 29.6. The van der Waals surface area contributed by atoms with E-state index in [0.717, 1.165) is 24.2 Å². The zero-order chi connectivity index (χ0) is 35.0. The summed E-state index contributed by atoms with van der Waals surface area (Å²) in [6.45, 7) is 4.00. The number of nitrogens with zero attached hydrogens (tertiary/aromatic N) is 2. The molecule has 1 aliphatic rings. The maximum atomic E-state index is 2.44. The van der Waals surface area contributed by atoms with Gasteiger partial charge in [-0.05, 0) is 94.8 Å². The van der Waals surface area contributed by atoms with Gasteiger partial charge in [-0.15, -0.1) is 0 Å². The number of benzene rings is 7. The summed E-state index contributed by atoms with van der Waals surface area (Å²) in [5.41, 5.74) is 14.7. The molecule has 0 fully saturated rings. The number of allylic oxidation sites excluding steroid dienone is 4. The molecule has 250 valence electrons. The topological polar surface area (TPSA) is 9.86 Å². The lowest BCUT2D eigenvalue weighted by Crippen LogP contribution is -1.95. The van der Waals surface area contributed by atoms with E-state index in [-0.39, 0.29) is 0 Å². The van der Waals surface area contributed by atoms with Gasteiger partial charge in [0, 0.05) is 32.9 Å². The van der Waals surface area contributed by atoms with Gasteiger partial charge in [0.2, 0.25) is 0 Å². The molecular formula is C50H40N2. The molecule has 0 saturated heterocycles. The summed E-state index contributed by atoms with van der Waals surface area (Å²) in [4.78, 5) is 0.